The van der Waals surface area contributed by atoms with Crippen LogP contribution >= 0.6 is 0 Å². The quantitative estimate of drug-likeness (QED) is 0.778. The standard InChI is InChI=1S/C15H28N2O2/c1-15(2)12-13(6-11-19-15)14(18)16(3)9-10-17-7-4-5-8-17/h13H,4-12H2,1-3H3/t13-/m0/s1. The maximum Gasteiger partial charge on any atom is 0.225 e. The Morgan fingerprint density at radius 2 is 2.05 bits per heavy atom. The van der Waals surface area contributed by atoms with E-state index in [0.29, 0.717) is 12.5 Å². The molecule has 0 bridgehead atoms. The van der Waals surface area contributed by atoms with E-state index in [9.17, 15) is 4.79 Å². The monoisotopic (exact) mass is 268 g/mol. The number of hydrogen-bond acceptors (Lipinski definition) is 3. The number of hydrogen-bond donors (Lipinski definition) is 0. The molecule has 0 N–H and O–H groups in total. The normalized spacial score (nSPS) is 27.4. The van der Waals surface area contributed by atoms with Crippen LogP contribution in [0.1, 0.15) is 39.5 Å². The van der Waals surface area contributed by atoms with Crippen LogP contribution in [0.15, 0.2) is 0 Å². The molecule has 110 valence electrons. The molecule has 1 amide bonds. The van der Waals surface area contributed by atoms with Crippen molar-refractivity contribution in [2.75, 3.05) is 39.8 Å². The first-order valence-corrected chi connectivity index (χ1v) is 7.59. The zero-order valence-electron chi connectivity index (χ0n) is 12.7. The first-order valence-electron chi connectivity index (χ1n) is 7.59. The third-order valence-electron chi connectivity index (χ3n) is 4.37. The van der Waals surface area contributed by atoms with Gasteiger partial charge in [0.2, 0.25) is 5.91 Å². The van der Waals surface area contributed by atoms with Gasteiger partial charge in [-0.25, -0.2) is 0 Å². The molecule has 0 spiro atoms. The number of rotatable bonds is 4. The number of likely N-dealkylation sites (N-methyl/N-ethyl adjacent to an activating group) is 1. The summed E-state index contributed by atoms with van der Waals surface area (Å²) in [5.74, 6) is 0.447. The van der Waals surface area contributed by atoms with E-state index >= 15 is 0 Å². The van der Waals surface area contributed by atoms with Crippen LogP contribution in [0.25, 0.3) is 0 Å². The van der Waals surface area contributed by atoms with E-state index in [1.165, 1.54) is 25.9 Å². The molecule has 2 rings (SSSR count). The van der Waals surface area contributed by atoms with Crippen LogP contribution in [0, 0.1) is 5.92 Å². The van der Waals surface area contributed by atoms with Gasteiger partial charge in [0, 0.05) is 32.7 Å². The molecule has 2 fully saturated rings. The molecule has 2 saturated heterocycles. The Balaban J connectivity index is 1.77. The van der Waals surface area contributed by atoms with Crippen molar-refractivity contribution in [3.63, 3.8) is 0 Å². The van der Waals surface area contributed by atoms with Crippen molar-refractivity contribution in [3.05, 3.63) is 0 Å². The van der Waals surface area contributed by atoms with E-state index in [1.807, 2.05) is 11.9 Å². The van der Waals surface area contributed by atoms with Crippen molar-refractivity contribution in [2.45, 2.75) is 45.1 Å². The molecule has 0 radical (unpaired) electrons. The minimum Gasteiger partial charge on any atom is -0.376 e. The Bertz CT molecular complexity index is 311. The van der Waals surface area contributed by atoms with Crippen molar-refractivity contribution in [1.29, 1.82) is 0 Å². The van der Waals surface area contributed by atoms with Crippen LogP contribution in [0.4, 0.5) is 0 Å². The fourth-order valence-electron chi connectivity index (χ4n) is 3.16. The Labute approximate surface area is 117 Å². The molecular weight excluding hydrogens is 240 g/mol. The van der Waals surface area contributed by atoms with Gasteiger partial charge in [-0.15, -0.1) is 0 Å². The first-order chi connectivity index (χ1) is 8.98. The largest absolute Gasteiger partial charge is 0.376 e. The lowest BCUT2D eigenvalue weighted by atomic mass is 9.87. The van der Waals surface area contributed by atoms with Gasteiger partial charge in [0.05, 0.1) is 5.60 Å². The van der Waals surface area contributed by atoms with Gasteiger partial charge in [0.1, 0.15) is 0 Å². The summed E-state index contributed by atoms with van der Waals surface area (Å²) in [5.41, 5.74) is -0.144. The molecule has 1 atom stereocenters. The van der Waals surface area contributed by atoms with Crippen LogP contribution in [0.3, 0.4) is 0 Å². The zero-order chi connectivity index (χ0) is 13.9. The predicted molar refractivity (Wildman–Crippen MR) is 76.1 cm³/mol. The third kappa shape index (κ3) is 4.18. The highest BCUT2D eigenvalue weighted by atomic mass is 16.5. The molecule has 0 aromatic rings. The summed E-state index contributed by atoms with van der Waals surface area (Å²) < 4.78 is 5.69. The van der Waals surface area contributed by atoms with Crippen molar-refractivity contribution < 1.29 is 9.53 Å². The van der Waals surface area contributed by atoms with Gasteiger partial charge in [-0.2, -0.15) is 0 Å². The summed E-state index contributed by atoms with van der Waals surface area (Å²) in [5, 5.41) is 0. The van der Waals surface area contributed by atoms with E-state index in [4.69, 9.17) is 4.74 Å². The van der Waals surface area contributed by atoms with E-state index in [1.54, 1.807) is 0 Å². The van der Waals surface area contributed by atoms with Crippen molar-refractivity contribution in [1.82, 2.24) is 9.80 Å². The second-order valence-corrected chi connectivity index (χ2v) is 6.61. The summed E-state index contributed by atoms with van der Waals surface area (Å²) in [7, 11) is 1.95. The Hall–Kier alpha value is -0.610. The van der Waals surface area contributed by atoms with Gasteiger partial charge in [-0.05, 0) is 52.6 Å². The maximum absolute atomic E-state index is 12.4. The highest BCUT2D eigenvalue weighted by Gasteiger charge is 2.34. The first kappa shape index (κ1) is 14.8. The molecule has 2 aliphatic rings. The Morgan fingerprint density at radius 3 is 2.68 bits per heavy atom. The number of amides is 1. The van der Waals surface area contributed by atoms with Gasteiger partial charge in [-0.3, -0.25) is 4.79 Å². The van der Waals surface area contributed by atoms with Crippen LogP contribution in [-0.2, 0) is 9.53 Å². The lowest BCUT2D eigenvalue weighted by Crippen LogP contribution is -2.44. The molecule has 0 saturated carbocycles. The van der Waals surface area contributed by atoms with Gasteiger partial charge in [-0.1, -0.05) is 0 Å². The van der Waals surface area contributed by atoms with Gasteiger partial charge >= 0.3 is 0 Å². The molecule has 2 aliphatic heterocycles. The zero-order valence-corrected chi connectivity index (χ0v) is 12.7. The van der Waals surface area contributed by atoms with Gasteiger partial charge in [0.15, 0.2) is 0 Å². The van der Waals surface area contributed by atoms with E-state index in [2.05, 4.69) is 18.7 Å². The average Bonchev–Trinajstić information content (AvgIpc) is 2.87. The van der Waals surface area contributed by atoms with Crippen molar-refractivity contribution >= 4 is 5.91 Å². The van der Waals surface area contributed by atoms with Crippen molar-refractivity contribution in [3.8, 4) is 0 Å². The summed E-state index contributed by atoms with van der Waals surface area (Å²) in [6.07, 6.45) is 4.34. The molecule has 4 heteroatoms. The number of nitrogens with zero attached hydrogens (tertiary/aromatic N) is 2. The van der Waals surface area contributed by atoms with E-state index in [0.717, 1.165) is 25.9 Å². The lowest BCUT2D eigenvalue weighted by Gasteiger charge is -2.36. The summed E-state index contributed by atoms with van der Waals surface area (Å²) in [6.45, 7) is 9.15. The smallest absolute Gasteiger partial charge is 0.225 e. The maximum atomic E-state index is 12.4. The molecular formula is C15H28N2O2. The molecule has 2 heterocycles. The number of likely N-dealkylation sites (tertiary alicyclic amines) is 1. The van der Waals surface area contributed by atoms with Crippen LogP contribution in [-0.4, -0.2) is 61.1 Å². The molecule has 19 heavy (non-hydrogen) atoms. The Kier molecular flexibility index (Phi) is 4.85. The van der Waals surface area contributed by atoms with Gasteiger partial charge < -0.3 is 14.5 Å². The second kappa shape index (κ2) is 6.23. The minimum absolute atomic E-state index is 0.144. The SMILES string of the molecule is CN(CCN1CCCC1)C(=O)[C@H]1CCOC(C)(C)C1. The Morgan fingerprint density at radius 1 is 1.37 bits per heavy atom. The van der Waals surface area contributed by atoms with Crippen LogP contribution < -0.4 is 0 Å². The molecule has 4 nitrogen and oxygen atoms in total. The summed E-state index contributed by atoms with van der Waals surface area (Å²) in [4.78, 5) is 16.8. The third-order valence-corrected chi connectivity index (χ3v) is 4.37. The summed E-state index contributed by atoms with van der Waals surface area (Å²) >= 11 is 0. The second-order valence-electron chi connectivity index (χ2n) is 6.61. The van der Waals surface area contributed by atoms with E-state index < -0.39 is 0 Å². The van der Waals surface area contributed by atoms with E-state index in [-0.39, 0.29) is 11.5 Å². The van der Waals surface area contributed by atoms with Crippen LogP contribution in [0.2, 0.25) is 0 Å². The minimum atomic E-state index is -0.144. The molecule has 0 aromatic carbocycles. The lowest BCUT2D eigenvalue weighted by molar-refractivity contribution is -0.144. The number of carbonyl (C=O) groups is 1. The average molecular weight is 268 g/mol. The number of carbonyl (C=O) groups excluding carboxylic acids is 1. The topological polar surface area (TPSA) is 32.8 Å². The summed E-state index contributed by atoms with van der Waals surface area (Å²) in [6, 6.07) is 0. The predicted octanol–water partition coefficient (Wildman–Crippen LogP) is 1.75. The van der Waals surface area contributed by atoms with Crippen LogP contribution in [0.5, 0.6) is 0 Å². The molecule has 0 aromatic heterocycles. The highest BCUT2D eigenvalue weighted by Crippen LogP contribution is 2.29. The fraction of sp³-hybridized carbons (Fsp3) is 0.933. The van der Waals surface area contributed by atoms with Gasteiger partial charge in [0.25, 0.3) is 0 Å². The number of ether oxygens (including phenoxy) is 1. The highest BCUT2D eigenvalue weighted by molar-refractivity contribution is 5.78. The molecule has 0 unspecified atom stereocenters. The van der Waals surface area contributed by atoms with Crippen molar-refractivity contribution in [2.24, 2.45) is 5.92 Å². The molecule has 0 aliphatic carbocycles. The fourth-order valence-corrected chi connectivity index (χ4v) is 3.16.